The first-order valence-corrected chi connectivity index (χ1v) is 10.9. The molecule has 0 radical (unpaired) electrons. The maximum Gasteiger partial charge on any atom is 0.264 e. The number of rotatable bonds is 7. The van der Waals surface area contributed by atoms with Gasteiger partial charge in [0.25, 0.3) is 10.0 Å². The van der Waals surface area contributed by atoms with Gasteiger partial charge in [-0.05, 0) is 55.8 Å². The molecule has 0 atom stereocenters. The molecule has 0 spiro atoms. The topological polar surface area (TPSA) is 66.8 Å². The quantitative estimate of drug-likeness (QED) is 0.556. The van der Waals surface area contributed by atoms with Crippen molar-refractivity contribution in [2.75, 3.05) is 4.31 Å². The van der Waals surface area contributed by atoms with Crippen LogP contribution in [0.1, 0.15) is 19.4 Å². The molecule has 1 N–H and O–H groups in total. The Kier molecular flexibility index (Phi) is 6.35. The van der Waals surface area contributed by atoms with Crippen molar-refractivity contribution >= 4 is 27.3 Å². The van der Waals surface area contributed by atoms with E-state index >= 15 is 0 Å². The highest BCUT2D eigenvalue weighted by atomic mass is 35.5. The van der Waals surface area contributed by atoms with Crippen LogP contribution >= 0.6 is 11.6 Å². The number of sulfonamides is 1. The van der Waals surface area contributed by atoms with Crippen molar-refractivity contribution in [1.29, 1.82) is 0 Å². The third kappa shape index (κ3) is 4.83. The third-order valence-corrected chi connectivity index (χ3v) is 6.47. The summed E-state index contributed by atoms with van der Waals surface area (Å²) in [7, 11) is -3.81. The van der Waals surface area contributed by atoms with E-state index in [-0.39, 0.29) is 23.3 Å². The first-order chi connectivity index (χ1) is 13.8. The summed E-state index contributed by atoms with van der Waals surface area (Å²) in [6.45, 7) is 3.75. The van der Waals surface area contributed by atoms with Crippen molar-refractivity contribution in [1.82, 2.24) is 0 Å². The molecule has 152 valence electrons. The predicted molar refractivity (Wildman–Crippen MR) is 115 cm³/mol. The molecular weight excluding hydrogens is 410 g/mol. The lowest BCUT2D eigenvalue weighted by Crippen LogP contribution is -2.37. The molecule has 0 aliphatic rings. The van der Waals surface area contributed by atoms with E-state index in [2.05, 4.69) is 0 Å². The fourth-order valence-electron chi connectivity index (χ4n) is 2.98. The summed E-state index contributed by atoms with van der Waals surface area (Å²) in [5.41, 5.74) is 1.14. The van der Waals surface area contributed by atoms with E-state index in [1.54, 1.807) is 80.6 Å². The highest BCUT2D eigenvalue weighted by Gasteiger charge is 2.29. The van der Waals surface area contributed by atoms with Gasteiger partial charge >= 0.3 is 0 Å². The molecule has 3 aromatic carbocycles. The molecule has 0 saturated heterocycles. The number of hydrogen-bond donors (Lipinski definition) is 1. The number of benzene rings is 3. The van der Waals surface area contributed by atoms with Gasteiger partial charge < -0.3 is 9.84 Å². The fraction of sp³-hybridized carbons (Fsp3) is 0.182. The lowest BCUT2D eigenvalue weighted by Gasteiger charge is -2.30. The minimum atomic E-state index is -3.81. The average molecular weight is 432 g/mol. The van der Waals surface area contributed by atoms with Gasteiger partial charge in [0.1, 0.15) is 18.1 Å². The summed E-state index contributed by atoms with van der Waals surface area (Å²) in [5, 5.41) is 10.1. The smallest absolute Gasteiger partial charge is 0.264 e. The number of nitrogens with zero attached hydrogens (tertiary/aromatic N) is 1. The SMILES string of the molecule is CC(C)N(c1ccc(Cl)cc1OCc1cccc(O)c1)S(=O)(=O)c1ccccc1. The van der Waals surface area contributed by atoms with Gasteiger partial charge in [0, 0.05) is 17.1 Å². The van der Waals surface area contributed by atoms with Crippen LogP contribution in [-0.2, 0) is 16.6 Å². The van der Waals surface area contributed by atoms with Crippen LogP contribution in [0.5, 0.6) is 11.5 Å². The molecule has 0 bridgehead atoms. The molecule has 0 unspecified atom stereocenters. The van der Waals surface area contributed by atoms with Crippen LogP contribution in [0.3, 0.4) is 0 Å². The number of anilines is 1. The molecule has 29 heavy (non-hydrogen) atoms. The van der Waals surface area contributed by atoms with E-state index in [1.165, 1.54) is 4.31 Å². The predicted octanol–water partition coefficient (Wildman–Crippen LogP) is 5.23. The van der Waals surface area contributed by atoms with Crippen LogP contribution in [0, 0.1) is 0 Å². The van der Waals surface area contributed by atoms with Gasteiger partial charge in [-0.3, -0.25) is 4.31 Å². The van der Waals surface area contributed by atoms with Crippen LogP contribution in [-0.4, -0.2) is 19.6 Å². The van der Waals surface area contributed by atoms with E-state index in [4.69, 9.17) is 16.3 Å². The molecule has 0 fully saturated rings. The monoisotopic (exact) mass is 431 g/mol. The molecule has 0 amide bonds. The van der Waals surface area contributed by atoms with E-state index in [1.807, 2.05) is 6.07 Å². The second-order valence-electron chi connectivity index (χ2n) is 6.78. The summed E-state index contributed by atoms with van der Waals surface area (Å²) in [4.78, 5) is 0.197. The van der Waals surface area contributed by atoms with Crippen LogP contribution in [0.15, 0.2) is 77.7 Å². The van der Waals surface area contributed by atoms with E-state index < -0.39 is 10.0 Å². The van der Waals surface area contributed by atoms with Crippen LogP contribution in [0.2, 0.25) is 5.02 Å². The van der Waals surface area contributed by atoms with Gasteiger partial charge in [0.15, 0.2) is 0 Å². The first-order valence-electron chi connectivity index (χ1n) is 9.09. The molecular formula is C22H22ClNO4S. The van der Waals surface area contributed by atoms with E-state index in [0.29, 0.717) is 16.5 Å². The molecule has 0 heterocycles. The Morgan fingerprint density at radius 3 is 2.38 bits per heavy atom. The van der Waals surface area contributed by atoms with E-state index in [0.717, 1.165) is 5.56 Å². The number of phenols is 1. The minimum Gasteiger partial charge on any atom is -0.508 e. The lowest BCUT2D eigenvalue weighted by molar-refractivity contribution is 0.306. The zero-order chi connectivity index (χ0) is 21.0. The zero-order valence-corrected chi connectivity index (χ0v) is 17.7. The molecule has 7 heteroatoms. The Bertz CT molecular complexity index is 1080. The minimum absolute atomic E-state index is 0.132. The number of halogens is 1. The van der Waals surface area contributed by atoms with Crippen molar-refractivity contribution in [2.24, 2.45) is 0 Å². The third-order valence-electron chi connectivity index (χ3n) is 4.23. The summed E-state index contributed by atoms with van der Waals surface area (Å²) in [6.07, 6.45) is 0. The number of ether oxygens (including phenoxy) is 1. The standard InChI is InChI=1S/C22H22ClNO4S/c1-16(2)24(29(26,27)20-9-4-3-5-10-20)21-12-11-18(23)14-22(21)28-15-17-7-6-8-19(25)13-17/h3-14,16,25H,15H2,1-2H3. The molecule has 0 aromatic heterocycles. The molecule has 0 saturated carbocycles. The van der Waals surface area contributed by atoms with Gasteiger partial charge in [-0.15, -0.1) is 0 Å². The van der Waals surface area contributed by atoms with Gasteiger partial charge in [0.05, 0.1) is 10.6 Å². The highest BCUT2D eigenvalue weighted by Crippen LogP contribution is 2.36. The van der Waals surface area contributed by atoms with Gasteiger partial charge in [-0.1, -0.05) is 41.9 Å². The van der Waals surface area contributed by atoms with Crippen molar-refractivity contribution < 1.29 is 18.3 Å². The fourth-order valence-corrected chi connectivity index (χ4v) is 4.84. The van der Waals surface area contributed by atoms with Crippen LogP contribution in [0.25, 0.3) is 0 Å². The summed E-state index contributed by atoms with van der Waals surface area (Å²) in [5.74, 6) is 0.474. The maximum absolute atomic E-state index is 13.3. The summed E-state index contributed by atoms with van der Waals surface area (Å²) >= 11 is 6.15. The van der Waals surface area contributed by atoms with E-state index in [9.17, 15) is 13.5 Å². The maximum atomic E-state index is 13.3. The molecule has 0 aliphatic heterocycles. The zero-order valence-electron chi connectivity index (χ0n) is 16.1. The molecule has 3 rings (SSSR count). The number of phenolic OH excluding ortho intramolecular Hbond substituents is 1. The van der Waals surface area contributed by atoms with Crippen molar-refractivity contribution in [2.45, 2.75) is 31.4 Å². The largest absolute Gasteiger partial charge is 0.508 e. The number of hydrogen-bond acceptors (Lipinski definition) is 4. The van der Waals surface area contributed by atoms with Gasteiger partial charge in [0.2, 0.25) is 0 Å². The summed E-state index contributed by atoms with van der Waals surface area (Å²) in [6, 6.07) is 19.5. The Hall–Kier alpha value is -2.70. The Morgan fingerprint density at radius 2 is 1.72 bits per heavy atom. The molecule has 3 aromatic rings. The summed E-state index contributed by atoms with van der Waals surface area (Å²) < 4.78 is 33.9. The van der Waals surface area contributed by atoms with Gasteiger partial charge in [-0.2, -0.15) is 0 Å². The normalized spacial score (nSPS) is 11.4. The highest BCUT2D eigenvalue weighted by molar-refractivity contribution is 7.92. The number of aromatic hydroxyl groups is 1. The lowest BCUT2D eigenvalue weighted by atomic mass is 10.2. The van der Waals surface area contributed by atoms with Crippen LogP contribution < -0.4 is 9.04 Å². The Balaban J connectivity index is 2.01. The second-order valence-corrected chi connectivity index (χ2v) is 9.03. The second kappa shape index (κ2) is 8.76. The van der Waals surface area contributed by atoms with Crippen molar-refractivity contribution in [3.05, 3.63) is 83.4 Å². The van der Waals surface area contributed by atoms with Crippen molar-refractivity contribution in [3.63, 3.8) is 0 Å². The van der Waals surface area contributed by atoms with Crippen LogP contribution in [0.4, 0.5) is 5.69 Å². The Labute approximate surface area is 176 Å². The molecule has 0 aliphatic carbocycles. The molecule has 5 nitrogen and oxygen atoms in total. The first kappa shape index (κ1) is 21.0. The average Bonchev–Trinajstić information content (AvgIpc) is 2.68. The van der Waals surface area contributed by atoms with Gasteiger partial charge in [-0.25, -0.2) is 8.42 Å². The van der Waals surface area contributed by atoms with Crippen molar-refractivity contribution in [3.8, 4) is 11.5 Å². The Morgan fingerprint density at radius 1 is 1.00 bits per heavy atom.